The number of carbonyl (C=O) groups is 1. The lowest BCUT2D eigenvalue weighted by atomic mass is 10.1. The molecule has 0 bridgehead atoms. The highest BCUT2D eigenvalue weighted by Crippen LogP contribution is 2.25. The zero-order chi connectivity index (χ0) is 17.3. The van der Waals surface area contributed by atoms with Gasteiger partial charge in [-0.15, -0.1) is 0 Å². The van der Waals surface area contributed by atoms with Gasteiger partial charge in [-0.3, -0.25) is 4.72 Å². The molecule has 0 aliphatic heterocycles. The molecule has 0 spiro atoms. The van der Waals surface area contributed by atoms with Gasteiger partial charge in [0, 0.05) is 17.1 Å². The number of anilines is 1. The van der Waals surface area contributed by atoms with Crippen LogP contribution in [0.4, 0.5) is 5.82 Å². The Labute approximate surface area is 138 Å². The number of hydrogen-bond donors (Lipinski definition) is 2. The Morgan fingerprint density at radius 2 is 1.75 bits per heavy atom. The molecule has 0 radical (unpaired) electrons. The molecule has 0 saturated heterocycles. The van der Waals surface area contributed by atoms with Crippen LogP contribution in [0.2, 0.25) is 0 Å². The average Bonchev–Trinajstić information content (AvgIpc) is 2.57. The molecule has 24 heavy (non-hydrogen) atoms. The number of aryl methyl sites for hydroxylation is 1. The Morgan fingerprint density at radius 1 is 1.08 bits per heavy atom. The topological polar surface area (TPSA) is 96.4 Å². The Hall–Kier alpha value is -2.93. The standard InChI is InChI=1S/C17H14N2O4S/c1-11-13-7-3-2-6-12(13)10-18-16(11)19-24(22,23)15-9-5-4-8-14(15)17(20)21/h2-10H,1H3,(H,18,19)(H,20,21). The summed E-state index contributed by atoms with van der Waals surface area (Å²) in [6.07, 6.45) is 1.57. The number of nitrogens with zero attached hydrogens (tertiary/aromatic N) is 1. The molecule has 0 fully saturated rings. The SMILES string of the molecule is Cc1c(NS(=O)(=O)c2ccccc2C(=O)O)ncc2ccccc12. The highest BCUT2D eigenvalue weighted by molar-refractivity contribution is 7.92. The second-order valence-electron chi connectivity index (χ2n) is 5.23. The third kappa shape index (κ3) is 2.81. The molecule has 0 saturated carbocycles. The first kappa shape index (κ1) is 15.9. The quantitative estimate of drug-likeness (QED) is 0.759. The van der Waals surface area contributed by atoms with Crippen molar-refractivity contribution in [3.63, 3.8) is 0 Å². The van der Waals surface area contributed by atoms with Crippen LogP contribution in [0.25, 0.3) is 10.8 Å². The summed E-state index contributed by atoms with van der Waals surface area (Å²) in [7, 11) is -4.07. The second-order valence-corrected chi connectivity index (χ2v) is 6.88. The van der Waals surface area contributed by atoms with Crippen LogP contribution in [-0.4, -0.2) is 24.5 Å². The fraction of sp³-hybridized carbons (Fsp3) is 0.0588. The van der Waals surface area contributed by atoms with Crippen molar-refractivity contribution in [2.75, 3.05) is 4.72 Å². The van der Waals surface area contributed by atoms with Crippen LogP contribution in [-0.2, 0) is 10.0 Å². The first-order valence-electron chi connectivity index (χ1n) is 7.09. The van der Waals surface area contributed by atoms with Gasteiger partial charge in [-0.25, -0.2) is 18.2 Å². The fourth-order valence-corrected chi connectivity index (χ4v) is 3.75. The molecule has 0 aliphatic carbocycles. The van der Waals surface area contributed by atoms with Gasteiger partial charge in [0.05, 0.1) is 5.56 Å². The monoisotopic (exact) mass is 342 g/mol. The van der Waals surface area contributed by atoms with E-state index in [9.17, 15) is 18.3 Å². The van der Waals surface area contributed by atoms with Crippen molar-refractivity contribution < 1.29 is 18.3 Å². The lowest BCUT2D eigenvalue weighted by molar-refractivity contribution is 0.0692. The summed E-state index contributed by atoms with van der Waals surface area (Å²) in [6.45, 7) is 1.76. The molecule has 122 valence electrons. The van der Waals surface area contributed by atoms with Crippen molar-refractivity contribution >= 4 is 32.6 Å². The van der Waals surface area contributed by atoms with E-state index in [1.165, 1.54) is 24.3 Å². The summed E-state index contributed by atoms with van der Waals surface area (Å²) in [4.78, 5) is 15.1. The van der Waals surface area contributed by atoms with Crippen LogP contribution in [0, 0.1) is 6.92 Å². The van der Waals surface area contributed by atoms with Crippen molar-refractivity contribution in [1.82, 2.24) is 4.98 Å². The molecule has 0 aliphatic rings. The summed E-state index contributed by atoms with van der Waals surface area (Å²) in [5.41, 5.74) is 0.382. The zero-order valence-electron chi connectivity index (χ0n) is 12.7. The highest BCUT2D eigenvalue weighted by atomic mass is 32.2. The van der Waals surface area contributed by atoms with Crippen LogP contribution in [0.5, 0.6) is 0 Å². The van der Waals surface area contributed by atoms with E-state index in [1.807, 2.05) is 24.3 Å². The van der Waals surface area contributed by atoms with E-state index < -0.39 is 16.0 Å². The minimum absolute atomic E-state index is 0.175. The molecule has 2 N–H and O–H groups in total. The van der Waals surface area contributed by atoms with E-state index in [-0.39, 0.29) is 16.3 Å². The first-order valence-corrected chi connectivity index (χ1v) is 8.58. The van der Waals surface area contributed by atoms with Gasteiger partial charge >= 0.3 is 5.97 Å². The number of sulfonamides is 1. The van der Waals surface area contributed by atoms with Crippen molar-refractivity contribution in [2.24, 2.45) is 0 Å². The van der Waals surface area contributed by atoms with Gasteiger partial charge in [-0.05, 0) is 24.4 Å². The minimum atomic E-state index is -4.07. The van der Waals surface area contributed by atoms with Crippen LogP contribution < -0.4 is 4.72 Å². The Morgan fingerprint density at radius 3 is 2.50 bits per heavy atom. The lowest BCUT2D eigenvalue weighted by Crippen LogP contribution is -2.18. The van der Waals surface area contributed by atoms with Crippen molar-refractivity contribution in [3.8, 4) is 0 Å². The Kier molecular flexibility index (Phi) is 3.94. The number of nitrogens with one attached hydrogen (secondary N) is 1. The second kappa shape index (κ2) is 5.93. The van der Waals surface area contributed by atoms with Gasteiger partial charge in [-0.2, -0.15) is 0 Å². The van der Waals surface area contributed by atoms with Crippen molar-refractivity contribution in [3.05, 3.63) is 65.9 Å². The maximum atomic E-state index is 12.6. The lowest BCUT2D eigenvalue weighted by Gasteiger charge is -2.12. The summed E-state index contributed by atoms with van der Waals surface area (Å²) in [5, 5.41) is 10.9. The number of fused-ring (bicyclic) bond motifs is 1. The molecule has 1 heterocycles. The van der Waals surface area contributed by atoms with Gasteiger partial charge in [0.15, 0.2) is 0 Å². The number of carboxylic acids is 1. The molecule has 6 nitrogen and oxygen atoms in total. The summed E-state index contributed by atoms with van der Waals surface area (Å²) in [6, 6.07) is 12.9. The van der Waals surface area contributed by atoms with Crippen LogP contribution >= 0.6 is 0 Å². The number of carboxylic acid groups (broad SMARTS) is 1. The zero-order valence-corrected chi connectivity index (χ0v) is 13.5. The highest BCUT2D eigenvalue weighted by Gasteiger charge is 2.23. The third-order valence-corrected chi connectivity index (χ3v) is 5.09. The molecule has 2 aromatic carbocycles. The fourth-order valence-electron chi connectivity index (χ4n) is 2.47. The molecule has 3 aromatic rings. The van der Waals surface area contributed by atoms with E-state index in [0.29, 0.717) is 5.56 Å². The first-order chi connectivity index (χ1) is 11.4. The molecule has 7 heteroatoms. The number of rotatable bonds is 4. The summed E-state index contributed by atoms with van der Waals surface area (Å²) in [5.74, 6) is -1.13. The molecular formula is C17H14N2O4S. The summed E-state index contributed by atoms with van der Waals surface area (Å²) < 4.78 is 27.6. The predicted octanol–water partition coefficient (Wildman–Crippen LogP) is 3.04. The van der Waals surface area contributed by atoms with E-state index in [4.69, 9.17) is 0 Å². The molecule has 3 rings (SSSR count). The van der Waals surface area contributed by atoms with E-state index in [0.717, 1.165) is 10.8 Å². The molecule has 1 aromatic heterocycles. The number of hydrogen-bond acceptors (Lipinski definition) is 4. The van der Waals surface area contributed by atoms with Crippen molar-refractivity contribution in [1.29, 1.82) is 0 Å². The Balaban J connectivity index is 2.08. The van der Waals surface area contributed by atoms with Crippen LogP contribution in [0.15, 0.2) is 59.6 Å². The molecule has 0 unspecified atom stereocenters. The maximum Gasteiger partial charge on any atom is 0.337 e. The van der Waals surface area contributed by atoms with Gasteiger partial charge in [0.2, 0.25) is 0 Å². The molecule has 0 atom stereocenters. The van der Waals surface area contributed by atoms with Gasteiger partial charge in [-0.1, -0.05) is 36.4 Å². The normalized spacial score (nSPS) is 11.4. The third-order valence-electron chi connectivity index (χ3n) is 3.69. The predicted molar refractivity (Wildman–Crippen MR) is 90.7 cm³/mol. The van der Waals surface area contributed by atoms with Crippen molar-refractivity contribution in [2.45, 2.75) is 11.8 Å². The van der Waals surface area contributed by atoms with Crippen LogP contribution in [0.3, 0.4) is 0 Å². The smallest absolute Gasteiger partial charge is 0.337 e. The van der Waals surface area contributed by atoms with Gasteiger partial charge < -0.3 is 5.11 Å². The van der Waals surface area contributed by atoms with Gasteiger partial charge in [0.25, 0.3) is 10.0 Å². The molecule has 0 amide bonds. The Bertz CT molecular complexity index is 1050. The van der Waals surface area contributed by atoms with Crippen LogP contribution in [0.1, 0.15) is 15.9 Å². The van der Waals surface area contributed by atoms with E-state index in [2.05, 4.69) is 9.71 Å². The number of aromatic nitrogens is 1. The number of aromatic carboxylic acids is 1. The summed E-state index contributed by atoms with van der Waals surface area (Å²) >= 11 is 0. The average molecular weight is 342 g/mol. The van der Waals surface area contributed by atoms with E-state index >= 15 is 0 Å². The molecular weight excluding hydrogens is 328 g/mol. The maximum absolute atomic E-state index is 12.6. The largest absolute Gasteiger partial charge is 0.478 e. The number of benzene rings is 2. The minimum Gasteiger partial charge on any atom is -0.478 e. The number of pyridine rings is 1. The van der Waals surface area contributed by atoms with E-state index in [1.54, 1.807) is 13.1 Å². The van der Waals surface area contributed by atoms with Gasteiger partial charge in [0.1, 0.15) is 10.7 Å².